The molecule has 4 heteroatoms. The summed E-state index contributed by atoms with van der Waals surface area (Å²) in [5, 5.41) is 9.38. The van der Waals surface area contributed by atoms with Crippen LogP contribution in [0.2, 0.25) is 0 Å². The first-order valence-electron chi connectivity index (χ1n) is 10.1. The van der Waals surface area contributed by atoms with Crippen LogP contribution in [0.25, 0.3) is 0 Å². The molecule has 0 heterocycles. The predicted octanol–water partition coefficient (Wildman–Crippen LogP) is 3.84. The molecule has 0 aliphatic heterocycles. The normalized spacial score (nSPS) is 48.2. The quantitative estimate of drug-likeness (QED) is 0.720. The minimum absolute atomic E-state index is 0. The molecule has 0 spiro atoms. The maximum absolute atomic E-state index is 12.3. The molecule has 0 aromatic rings. The van der Waals surface area contributed by atoms with E-state index in [9.17, 15) is 9.90 Å². The zero-order valence-corrected chi connectivity index (χ0v) is 23.3. The largest absolute Gasteiger partial charge is 0.389 e. The number of carbonyl (C=O) groups is 1. The van der Waals surface area contributed by atoms with E-state index in [0.717, 1.165) is 30.1 Å². The molecule has 0 aromatic heterocycles. The van der Waals surface area contributed by atoms with Crippen LogP contribution in [0.1, 0.15) is 78.1 Å². The van der Waals surface area contributed by atoms with Gasteiger partial charge in [-0.3, -0.25) is 4.79 Å². The Morgan fingerprint density at radius 3 is 2.32 bits per heavy atom. The summed E-state index contributed by atoms with van der Waals surface area (Å²) in [6.07, 6.45) is 13.5. The van der Waals surface area contributed by atoms with E-state index in [0.29, 0.717) is 5.41 Å². The third kappa shape index (κ3) is 3.96. The molecule has 25 heavy (non-hydrogen) atoms. The predicted molar refractivity (Wildman–Crippen MR) is 103 cm³/mol. The average Bonchev–Trinajstić information content (AvgIpc) is 2.91. The van der Waals surface area contributed by atoms with Crippen LogP contribution in [0.5, 0.6) is 0 Å². The third-order valence-corrected chi connectivity index (χ3v) is 9.13. The summed E-state index contributed by atoms with van der Waals surface area (Å²) in [7, 11) is 0. The maximum Gasteiger partial charge on any atom is 0.161 e. The summed E-state index contributed by atoms with van der Waals surface area (Å²) in [5.74, 6) is 3.72. The Kier molecular flexibility index (Phi) is 9.06. The summed E-state index contributed by atoms with van der Waals surface area (Å²) in [6, 6.07) is 0. The Hall–Kier alpha value is 2.90. The number of Topliss-reactive ketones (excluding diaryl/α,β-unsaturated/α-hetero) is 1. The molecule has 4 fully saturated rings. The number of ketones is 1. The molecule has 7 atom stereocenters. The van der Waals surface area contributed by atoms with Gasteiger partial charge in [-0.25, -0.2) is 0 Å². The van der Waals surface area contributed by atoms with Gasteiger partial charge in [-0.1, -0.05) is 26.7 Å². The number of rotatable bonds is 2. The summed E-state index contributed by atoms with van der Waals surface area (Å²) in [5.41, 5.74) is 0.764. The zero-order chi connectivity index (χ0) is 16.2. The van der Waals surface area contributed by atoms with Crippen LogP contribution in [0.15, 0.2) is 0 Å². The second-order valence-electron chi connectivity index (χ2n) is 9.70. The van der Waals surface area contributed by atoms with Gasteiger partial charge in [-0.2, -0.15) is 0 Å². The molecule has 4 aliphatic rings. The summed E-state index contributed by atoms with van der Waals surface area (Å²) < 4.78 is 0. The number of aliphatic hydroxyl groups excluding tert-OH is 1. The summed E-state index contributed by atoms with van der Waals surface area (Å²) in [6.45, 7) is 4.75. The van der Waals surface area contributed by atoms with E-state index in [-0.39, 0.29) is 126 Å². The van der Waals surface area contributed by atoms with Crippen LogP contribution in [-0.2, 0) is 4.79 Å². The minimum Gasteiger partial charge on any atom is -0.389 e. The van der Waals surface area contributed by atoms with E-state index >= 15 is 0 Å². The Balaban J connectivity index is 0.00000113. The van der Waals surface area contributed by atoms with E-state index in [1.807, 2.05) is 0 Å². The molecule has 132 valence electrons. The molecule has 0 amide bonds. The average molecular weight is 397 g/mol. The fourth-order valence-corrected chi connectivity index (χ4v) is 7.93. The van der Waals surface area contributed by atoms with Gasteiger partial charge >= 0.3 is 0 Å². The first-order chi connectivity index (χ1) is 11.0. The number of hydrogen-bond donors (Lipinski definition) is 1. The monoisotopic (exact) mass is 396 g/mol. The van der Waals surface area contributed by atoms with Crippen LogP contribution < -0.4 is 0 Å². The van der Waals surface area contributed by atoms with Crippen LogP contribution in [0.3, 0.4) is 0 Å². The van der Waals surface area contributed by atoms with Crippen molar-refractivity contribution >= 4 is 109 Å². The molecule has 0 saturated heterocycles. The molecule has 4 aliphatic carbocycles. The summed E-state index contributed by atoms with van der Waals surface area (Å²) in [4.78, 5) is 12.3. The Morgan fingerprint density at radius 1 is 0.880 bits per heavy atom. The SMILES string of the molecule is C[C@]12CCCC[C@H]1CC[C@@H]1[C@@H]2CC[C@]2(C)[C@@H](C(=O)CO)CC[C@@H]12.[K].[K]. The molecule has 4 rings (SSSR count). The van der Waals surface area contributed by atoms with Gasteiger partial charge in [0, 0.05) is 109 Å². The van der Waals surface area contributed by atoms with Crippen molar-refractivity contribution in [1.82, 2.24) is 0 Å². The number of hydrogen-bond acceptors (Lipinski definition) is 2. The van der Waals surface area contributed by atoms with Gasteiger partial charge in [0.25, 0.3) is 0 Å². The van der Waals surface area contributed by atoms with Crippen LogP contribution in [0.4, 0.5) is 0 Å². The molecule has 1 N–H and O–H groups in total. The third-order valence-electron chi connectivity index (χ3n) is 9.13. The van der Waals surface area contributed by atoms with Gasteiger partial charge in [0.1, 0.15) is 6.61 Å². The van der Waals surface area contributed by atoms with Gasteiger partial charge in [0.15, 0.2) is 5.78 Å². The topological polar surface area (TPSA) is 37.3 Å². The van der Waals surface area contributed by atoms with Gasteiger partial charge in [0.05, 0.1) is 0 Å². The van der Waals surface area contributed by atoms with Crippen molar-refractivity contribution in [1.29, 1.82) is 0 Å². The van der Waals surface area contributed by atoms with Gasteiger partial charge in [-0.05, 0) is 85.9 Å². The zero-order valence-electron chi connectivity index (χ0n) is 17.0. The second kappa shape index (κ2) is 9.36. The van der Waals surface area contributed by atoms with E-state index in [1.165, 1.54) is 57.8 Å². The minimum atomic E-state index is -0.249. The van der Waals surface area contributed by atoms with Crippen LogP contribution in [-0.4, -0.2) is 120 Å². The van der Waals surface area contributed by atoms with Gasteiger partial charge < -0.3 is 5.11 Å². The van der Waals surface area contributed by atoms with Crippen molar-refractivity contribution in [2.45, 2.75) is 78.1 Å². The van der Waals surface area contributed by atoms with E-state index < -0.39 is 0 Å². The molecule has 4 saturated carbocycles. The molecular weight excluding hydrogens is 362 g/mol. The molecule has 2 nitrogen and oxygen atoms in total. The molecule has 0 unspecified atom stereocenters. The van der Waals surface area contributed by atoms with Crippen molar-refractivity contribution in [2.75, 3.05) is 6.61 Å². The van der Waals surface area contributed by atoms with Crippen LogP contribution in [0, 0.1) is 40.4 Å². The molecule has 2 radical (unpaired) electrons. The Morgan fingerprint density at radius 2 is 1.60 bits per heavy atom. The fraction of sp³-hybridized carbons (Fsp3) is 0.952. The van der Waals surface area contributed by atoms with Crippen LogP contribution >= 0.6 is 0 Å². The number of carbonyl (C=O) groups excluding carboxylic acids is 1. The summed E-state index contributed by atoms with van der Waals surface area (Å²) >= 11 is 0. The second-order valence-corrected chi connectivity index (χ2v) is 9.70. The Bertz CT molecular complexity index is 496. The smallest absolute Gasteiger partial charge is 0.161 e. The van der Waals surface area contributed by atoms with Crippen molar-refractivity contribution < 1.29 is 9.90 Å². The van der Waals surface area contributed by atoms with E-state index in [1.54, 1.807) is 0 Å². The Labute approximate surface area is 239 Å². The van der Waals surface area contributed by atoms with Crippen molar-refractivity contribution in [3.05, 3.63) is 0 Å². The van der Waals surface area contributed by atoms with Gasteiger partial charge in [0.2, 0.25) is 0 Å². The van der Waals surface area contributed by atoms with Crippen molar-refractivity contribution in [3.8, 4) is 0 Å². The standard InChI is InChI=1S/C21H34O2.2K/c1-20-11-4-3-5-14(20)6-7-15-16-8-9-18(19(23)13-22)21(16,2)12-10-17(15)20;;/h14-18,22H,3-13H2,1-2H3;;/t14-,15-,16-,17-,18+,20-,21-;;/m0../s1. The van der Waals surface area contributed by atoms with E-state index in [4.69, 9.17) is 0 Å². The van der Waals surface area contributed by atoms with Crippen molar-refractivity contribution in [3.63, 3.8) is 0 Å². The van der Waals surface area contributed by atoms with Gasteiger partial charge in [-0.15, -0.1) is 0 Å². The number of fused-ring (bicyclic) bond motifs is 5. The van der Waals surface area contributed by atoms with E-state index in [2.05, 4.69) is 13.8 Å². The molecule has 0 bridgehead atoms. The molecule has 0 aromatic carbocycles. The van der Waals surface area contributed by atoms with Crippen molar-refractivity contribution in [2.24, 2.45) is 40.4 Å². The maximum atomic E-state index is 12.3. The fourth-order valence-electron chi connectivity index (χ4n) is 7.93. The molecular formula is C21H34K2O2. The number of aliphatic hydroxyl groups is 1. The first kappa shape index (κ1) is 24.2. The first-order valence-corrected chi connectivity index (χ1v) is 10.1.